The third-order valence-corrected chi connectivity index (χ3v) is 2.64. The number of nitrogens with one attached hydrogen (secondary N) is 1. The first-order valence-corrected chi connectivity index (χ1v) is 5.47. The summed E-state index contributed by atoms with van der Waals surface area (Å²) in [6.07, 6.45) is 0.870. The second-order valence-corrected chi connectivity index (χ2v) is 4.16. The molecule has 2 rings (SSSR count). The van der Waals surface area contributed by atoms with Crippen LogP contribution in [0, 0.1) is 0 Å². The molecule has 0 unspecified atom stereocenters. The molecule has 6 heteroatoms. The van der Waals surface area contributed by atoms with Crippen molar-refractivity contribution in [3.8, 4) is 0 Å². The minimum atomic E-state index is 0.614. The Kier molecular flexibility index (Phi) is 2.82. The number of hydrogen-bond acceptors (Lipinski definition) is 4. The summed E-state index contributed by atoms with van der Waals surface area (Å²) in [5.41, 5.74) is 7.71. The molecular formula is C10H18N6. The largest absolute Gasteiger partial charge is 0.383 e. The predicted octanol–water partition coefficient (Wildman–Crippen LogP) is 0.466. The van der Waals surface area contributed by atoms with Gasteiger partial charge in [-0.2, -0.15) is 10.2 Å². The molecule has 2 aromatic heterocycles. The Morgan fingerprint density at radius 3 is 2.81 bits per heavy atom. The molecule has 0 amide bonds. The average molecular weight is 222 g/mol. The van der Waals surface area contributed by atoms with E-state index in [0.29, 0.717) is 5.82 Å². The van der Waals surface area contributed by atoms with Crippen LogP contribution in [0.4, 0.5) is 5.82 Å². The van der Waals surface area contributed by atoms with Crippen molar-refractivity contribution in [3.63, 3.8) is 0 Å². The van der Waals surface area contributed by atoms with Gasteiger partial charge in [0.25, 0.3) is 0 Å². The van der Waals surface area contributed by atoms with Gasteiger partial charge in [0.2, 0.25) is 0 Å². The van der Waals surface area contributed by atoms with Crippen molar-refractivity contribution >= 4 is 16.9 Å². The Balaban J connectivity index is 2.38. The summed E-state index contributed by atoms with van der Waals surface area (Å²) in [6, 6.07) is 0. The zero-order valence-corrected chi connectivity index (χ0v) is 9.99. The smallest absolute Gasteiger partial charge is 0.182 e. The number of rotatable bonds is 4. The summed E-state index contributed by atoms with van der Waals surface area (Å²) < 4.78 is 1.92. The molecule has 0 bridgehead atoms. The molecule has 16 heavy (non-hydrogen) atoms. The maximum Gasteiger partial charge on any atom is 0.182 e. The van der Waals surface area contributed by atoms with Gasteiger partial charge in [0.05, 0.1) is 17.6 Å². The lowest BCUT2D eigenvalue weighted by atomic mass is 10.2. The van der Waals surface area contributed by atoms with Crippen LogP contribution in [-0.2, 0) is 13.0 Å². The number of H-pyrrole nitrogens is 1. The summed E-state index contributed by atoms with van der Waals surface area (Å²) in [5, 5.41) is 12.5. The summed E-state index contributed by atoms with van der Waals surface area (Å²) in [7, 11) is 4.08. The van der Waals surface area contributed by atoms with Gasteiger partial charge in [0.1, 0.15) is 5.82 Å². The number of anilines is 1. The number of nitrogens with zero attached hydrogens (tertiary/aromatic N) is 4. The zero-order valence-electron chi connectivity index (χ0n) is 9.99. The Bertz CT molecular complexity index is 481. The molecule has 0 saturated carbocycles. The molecule has 3 N–H and O–H groups in total. The van der Waals surface area contributed by atoms with E-state index in [0.717, 1.165) is 36.2 Å². The summed E-state index contributed by atoms with van der Waals surface area (Å²) in [5.74, 6) is 0.614. The first kappa shape index (κ1) is 10.9. The zero-order chi connectivity index (χ0) is 11.7. The standard InChI is InChI=1S/C10H18N6/c1-4-7-8-9(11)12-13-10(8)16(14-7)6-5-15(2)3/h4-6H2,1-3H3,(H3,11,12,13). The number of aromatic amines is 1. The molecule has 2 aromatic rings. The Morgan fingerprint density at radius 2 is 2.19 bits per heavy atom. The molecule has 0 atom stereocenters. The van der Waals surface area contributed by atoms with Crippen LogP contribution in [-0.4, -0.2) is 45.5 Å². The molecule has 0 saturated heterocycles. The lowest BCUT2D eigenvalue weighted by molar-refractivity contribution is 0.375. The minimum Gasteiger partial charge on any atom is -0.383 e. The summed E-state index contributed by atoms with van der Waals surface area (Å²) in [4.78, 5) is 2.12. The van der Waals surface area contributed by atoms with Crippen molar-refractivity contribution in [1.29, 1.82) is 0 Å². The van der Waals surface area contributed by atoms with Crippen LogP contribution in [0.5, 0.6) is 0 Å². The molecule has 88 valence electrons. The second kappa shape index (κ2) is 4.13. The molecule has 0 fully saturated rings. The fourth-order valence-corrected chi connectivity index (χ4v) is 1.76. The molecule has 0 radical (unpaired) electrons. The van der Waals surface area contributed by atoms with E-state index in [2.05, 4.69) is 27.1 Å². The van der Waals surface area contributed by atoms with Crippen molar-refractivity contribution in [3.05, 3.63) is 5.69 Å². The van der Waals surface area contributed by atoms with Crippen LogP contribution in [0.1, 0.15) is 12.6 Å². The molecule has 0 aliphatic carbocycles. The topological polar surface area (TPSA) is 75.8 Å². The molecule has 0 spiro atoms. The normalized spacial score (nSPS) is 11.8. The van der Waals surface area contributed by atoms with Gasteiger partial charge >= 0.3 is 0 Å². The maximum atomic E-state index is 5.84. The summed E-state index contributed by atoms with van der Waals surface area (Å²) >= 11 is 0. The van der Waals surface area contributed by atoms with Crippen LogP contribution in [0.3, 0.4) is 0 Å². The first-order chi connectivity index (χ1) is 7.63. The van der Waals surface area contributed by atoms with Crippen molar-refractivity contribution in [2.24, 2.45) is 0 Å². The number of likely N-dealkylation sites (N-methyl/N-ethyl adjacent to an activating group) is 1. The molecule has 0 aliphatic heterocycles. The highest BCUT2D eigenvalue weighted by Gasteiger charge is 2.14. The van der Waals surface area contributed by atoms with Gasteiger partial charge in [-0.25, -0.2) is 4.68 Å². The van der Waals surface area contributed by atoms with E-state index in [1.54, 1.807) is 0 Å². The van der Waals surface area contributed by atoms with Gasteiger partial charge < -0.3 is 10.6 Å². The van der Waals surface area contributed by atoms with E-state index in [4.69, 9.17) is 5.73 Å². The van der Waals surface area contributed by atoms with Gasteiger partial charge in [0.15, 0.2) is 5.65 Å². The first-order valence-electron chi connectivity index (χ1n) is 5.47. The highest BCUT2D eigenvalue weighted by Crippen LogP contribution is 2.22. The van der Waals surface area contributed by atoms with E-state index in [1.807, 2.05) is 18.8 Å². The van der Waals surface area contributed by atoms with E-state index < -0.39 is 0 Å². The number of nitrogens with two attached hydrogens (primary N) is 1. The lowest BCUT2D eigenvalue weighted by Gasteiger charge is -2.08. The van der Waals surface area contributed by atoms with Gasteiger partial charge in [-0.1, -0.05) is 6.92 Å². The van der Waals surface area contributed by atoms with E-state index >= 15 is 0 Å². The van der Waals surface area contributed by atoms with E-state index in [9.17, 15) is 0 Å². The quantitative estimate of drug-likeness (QED) is 0.788. The SMILES string of the molecule is CCc1nn(CCN(C)C)c2n[nH]c(N)c12. The average Bonchev–Trinajstić information content (AvgIpc) is 2.77. The van der Waals surface area contributed by atoms with Crippen LogP contribution in [0.2, 0.25) is 0 Å². The lowest BCUT2D eigenvalue weighted by Crippen LogP contribution is -2.19. The van der Waals surface area contributed by atoms with Crippen LogP contribution in [0.15, 0.2) is 0 Å². The Labute approximate surface area is 94.4 Å². The van der Waals surface area contributed by atoms with Gasteiger partial charge in [0, 0.05) is 6.54 Å². The van der Waals surface area contributed by atoms with E-state index in [-0.39, 0.29) is 0 Å². The highest BCUT2D eigenvalue weighted by atomic mass is 15.4. The van der Waals surface area contributed by atoms with E-state index in [1.165, 1.54) is 0 Å². The minimum absolute atomic E-state index is 0.614. The van der Waals surface area contributed by atoms with Crippen molar-refractivity contribution < 1.29 is 0 Å². The molecule has 6 nitrogen and oxygen atoms in total. The number of fused-ring (bicyclic) bond motifs is 1. The Morgan fingerprint density at radius 1 is 1.44 bits per heavy atom. The number of aromatic nitrogens is 4. The third kappa shape index (κ3) is 1.76. The van der Waals surface area contributed by atoms with Gasteiger partial charge in [-0.05, 0) is 20.5 Å². The highest BCUT2D eigenvalue weighted by molar-refractivity contribution is 5.88. The van der Waals surface area contributed by atoms with Crippen LogP contribution < -0.4 is 5.73 Å². The molecule has 0 aromatic carbocycles. The van der Waals surface area contributed by atoms with Crippen molar-refractivity contribution in [2.75, 3.05) is 26.4 Å². The summed E-state index contributed by atoms with van der Waals surface area (Å²) in [6.45, 7) is 3.84. The van der Waals surface area contributed by atoms with Crippen molar-refractivity contribution in [1.82, 2.24) is 24.9 Å². The number of aryl methyl sites for hydroxylation is 1. The molecular weight excluding hydrogens is 204 g/mol. The maximum absolute atomic E-state index is 5.84. The van der Waals surface area contributed by atoms with Gasteiger partial charge in [-0.15, -0.1) is 0 Å². The van der Waals surface area contributed by atoms with Crippen LogP contribution in [0.25, 0.3) is 11.0 Å². The predicted molar refractivity (Wildman–Crippen MR) is 64.2 cm³/mol. The monoisotopic (exact) mass is 222 g/mol. The molecule has 2 heterocycles. The second-order valence-electron chi connectivity index (χ2n) is 4.16. The third-order valence-electron chi connectivity index (χ3n) is 2.64. The fourth-order valence-electron chi connectivity index (χ4n) is 1.76. The Hall–Kier alpha value is -1.56. The fraction of sp³-hybridized carbons (Fsp3) is 0.600. The molecule has 0 aliphatic rings. The van der Waals surface area contributed by atoms with Crippen molar-refractivity contribution in [2.45, 2.75) is 19.9 Å². The number of nitrogen functional groups attached to an aromatic ring is 1. The van der Waals surface area contributed by atoms with Gasteiger partial charge in [-0.3, -0.25) is 5.10 Å². The number of hydrogen-bond donors (Lipinski definition) is 2. The van der Waals surface area contributed by atoms with Crippen LogP contribution >= 0.6 is 0 Å².